The minimum atomic E-state index is -4.42. The molecule has 0 aliphatic carbocycles. The third-order valence-corrected chi connectivity index (χ3v) is 3.17. The van der Waals surface area contributed by atoms with Crippen LogP contribution in [0.25, 0.3) is 0 Å². The highest BCUT2D eigenvalue weighted by molar-refractivity contribution is 5.39. The fourth-order valence-electron chi connectivity index (χ4n) is 2.33. The molecular weight excluding hydrogens is 233 g/mol. The highest BCUT2D eigenvalue weighted by atomic mass is 19.4. The second kappa shape index (κ2) is 3.56. The van der Waals surface area contributed by atoms with Gasteiger partial charge in [0.25, 0.3) is 0 Å². The van der Waals surface area contributed by atoms with Crippen molar-refractivity contribution in [2.75, 3.05) is 18.0 Å². The molecule has 0 spiro atoms. The third kappa shape index (κ3) is 1.95. The van der Waals surface area contributed by atoms with E-state index in [2.05, 4.69) is 15.3 Å². The zero-order valence-corrected chi connectivity index (χ0v) is 8.91. The topological polar surface area (TPSA) is 41.1 Å². The van der Waals surface area contributed by atoms with Gasteiger partial charge < -0.3 is 10.2 Å². The Morgan fingerprint density at radius 3 is 2.29 bits per heavy atom. The minimum Gasteiger partial charge on any atom is -0.352 e. The van der Waals surface area contributed by atoms with E-state index in [0.717, 1.165) is 25.7 Å². The molecule has 0 amide bonds. The summed E-state index contributed by atoms with van der Waals surface area (Å²) >= 11 is 0. The first-order valence-corrected chi connectivity index (χ1v) is 5.42. The van der Waals surface area contributed by atoms with Crippen LogP contribution in [0.5, 0.6) is 0 Å². The zero-order chi connectivity index (χ0) is 12.0. The molecule has 2 bridgehead atoms. The molecule has 4 rings (SSSR count). The third-order valence-electron chi connectivity index (χ3n) is 3.17. The van der Waals surface area contributed by atoms with E-state index in [4.69, 9.17) is 0 Å². The van der Waals surface area contributed by atoms with Gasteiger partial charge in [-0.1, -0.05) is 0 Å². The Kier molecular flexibility index (Phi) is 2.25. The first kappa shape index (κ1) is 10.8. The SMILES string of the molecule is FC(F)(F)c1cnc(N2CC3CC(C2)N3)cn1. The van der Waals surface area contributed by atoms with Crippen molar-refractivity contribution in [3.05, 3.63) is 18.1 Å². The molecule has 1 N–H and O–H groups in total. The van der Waals surface area contributed by atoms with Gasteiger partial charge in [0.05, 0.1) is 12.4 Å². The van der Waals surface area contributed by atoms with Crippen molar-refractivity contribution in [3.8, 4) is 0 Å². The summed E-state index contributed by atoms with van der Waals surface area (Å²) in [5.74, 6) is 0.522. The average Bonchev–Trinajstić information content (AvgIpc) is 2.27. The van der Waals surface area contributed by atoms with Crippen LogP contribution in [0.4, 0.5) is 19.0 Å². The molecule has 17 heavy (non-hydrogen) atoms. The number of piperazine rings is 1. The normalized spacial score (nSPS) is 27.8. The number of alkyl halides is 3. The van der Waals surface area contributed by atoms with Gasteiger partial charge in [-0.25, -0.2) is 9.97 Å². The van der Waals surface area contributed by atoms with Crippen LogP contribution < -0.4 is 10.2 Å². The van der Waals surface area contributed by atoms with Crippen LogP contribution in [0, 0.1) is 0 Å². The molecule has 7 heteroatoms. The fraction of sp³-hybridized carbons (Fsp3) is 0.600. The monoisotopic (exact) mass is 244 g/mol. The molecule has 4 heterocycles. The molecule has 1 aromatic heterocycles. The second-order valence-electron chi connectivity index (χ2n) is 4.46. The van der Waals surface area contributed by atoms with E-state index in [1.165, 1.54) is 6.20 Å². The van der Waals surface area contributed by atoms with Crippen LogP contribution in [-0.2, 0) is 6.18 Å². The highest BCUT2D eigenvalue weighted by Gasteiger charge is 2.37. The summed E-state index contributed by atoms with van der Waals surface area (Å²) in [5, 5.41) is 3.34. The lowest BCUT2D eigenvalue weighted by Gasteiger charge is -2.48. The highest BCUT2D eigenvalue weighted by Crippen LogP contribution is 2.28. The predicted molar refractivity (Wildman–Crippen MR) is 54.6 cm³/mol. The Hall–Kier alpha value is -1.37. The summed E-state index contributed by atoms with van der Waals surface area (Å²) in [6.45, 7) is 1.58. The van der Waals surface area contributed by atoms with Gasteiger partial charge in [-0.05, 0) is 6.42 Å². The number of fused-ring (bicyclic) bond motifs is 2. The van der Waals surface area contributed by atoms with Crippen LogP contribution >= 0.6 is 0 Å². The van der Waals surface area contributed by atoms with Crippen molar-refractivity contribution < 1.29 is 13.2 Å². The Bertz CT molecular complexity index is 401. The molecule has 4 nitrogen and oxygen atoms in total. The number of nitrogens with zero attached hydrogens (tertiary/aromatic N) is 3. The summed E-state index contributed by atoms with van der Waals surface area (Å²) < 4.78 is 36.9. The number of hydrogen-bond acceptors (Lipinski definition) is 4. The van der Waals surface area contributed by atoms with Crippen LogP contribution in [0.2, 0.25) is 0 Å². The maximum atomic E-state index is 12.3. The molecule has 0 aromatic carbocycles. The van der Waals surface area contributed by atoms with Crippen molar-refractivity contribution in [3.63, 3.8) is 0 Å². The molecule has 2 unspecified atom stereocenters. The van der Waals surface area contributed by atoms with Gasteiger partial charge in [0, 0.05) is 25.2 Å². The molecule has 92 valence electrons. The van der Waals surface area contributed by atoms with Crippen molar-refractivity contribution in [2.45, 2.75) is 24.7 Å². The molecule has 2 atom stereocenters. The summed E-state index contributed by atoms with van der Waals surface area (Å²) in [6, 6.07) is 0.885. The largest absolute Gasteiger partial charge is 0.434 e. The lowest BCUT2D eigenvalue weighted by molar-refractivity contribution is -0.141. The van der Waals surface area contributed by atoms with Gasteiger partial charge in [0.1, 0.15) is 5.82 Å². The Morgan fingerprint density at radius 2 is 1.82 bits per heavy atom. The fourth-order valence-corrected chi connectivity index (χ4v) is 2.33. The Morgan fingerprint density at radius 1 is 1.18 bits per heavy atom. The van der Waals surface area contributed by atoms with Crippen molar-refractivity contribution in [2.24, 2.45) is 0 Å². The standard InChI is InChI=1S/C10H11F3N4/c11-10(12,13)8-2-15-9(3-14-8)17-4-6-1-7(5-17)16-6/h2-3,6-7,16H,1,4-5H2. The number of anilines is 1. The van der Waals surface area contributed by atoms with Gasteiger partial charge in [0.2, 0.25) is 0 Å². The quantitative estimate of drug-likeness (QED) is 0.801. The van der Waals surface area contributed by atoms with Gasteiger partial charge >= 0.3 is 6.18 Å². The lowest BCUT2D eigenvalue weighted by atomic mass is 9.91. The summed E-state index contributed by atoms with van der Waals surface area (Å²) in [4.78, 5) is 9.23. The van der Waals surface area contributed by atoms with E-state index in [1.807, 2.05) is 4.90 Å². The van der Waals surface area contributed by atoms with E-state index in [9.17, 15) is 13.2 Å². The van der Waals surface area contributed by atoms with Gasteiger partial charge in [-0.2, -0.15) is 13.2 Å². The van der Waals surface area contributed by atoms with Gasteiger partial charge in [-0.3, -0.25) is 0 Å². The Balaban J connectivity index is 1.76. The lowest BCUT2D eigenvalue weighted by Crippen LogP contribution is -2.67. The maximum absolute atomic E-state index is 12.3. The van der Waals surface area contributed by atoms with Gasteiger partial charge in [0.15, 0.2) is 5.69 Å². The second-order valence-corrected chi connectivity index (χ2v) is 4.46. The molecule has 3 aliphatic rings. The summed E-state index contributed by atoms with van der Waals surface area (Å²) in [7, 11) is 0. The minimum absolute atomic E-state index is 0.442. The van der Waals surface area contributed by atoms with E-state index in [1.54, 1.807) is 0 Å². The number of piperidine rings is 1. The van der Waals surface area contributed by atoms with Crippen molar-refractivity contribution in [1.29, 1.82) is 0 Å². The number of halogens is 3. The average molecular weight is 244 g/mol. The van der Waals surface area contributed by atoms with Crippen molar-refractivity contribution >= 4 is 5.82 Å². The van der Waals surface area contributed by atoms with Crippen molar-refractivity contribution in [1.82, 2.24) is 15.3 Å². The molecule has 3 aliphatic heterocycles. The first-order valence-electron chi connectivity index (χ1n) is 5.42. The number of nitrogens with one attached hydrogen (secondary N) is 1. The molecule has 0 radical (unpaired) electrons. The van der Waals surface area contributed by atoms with Crippen LogP contribution in [0.3, 0.4) is 0 Å². The van der Waals surface area contributed by atoms with E-state index >= 15 is 0 Å². The predicted octanol–water partition coefficient (Wildman–Crippen LogP) is 1.05. The summed E-state index contributed by atoms with van der Waals surface area (Å²) in [5.41, 5.74) is -0.943. The number of aromatic nitrogens is 2. The molecular formula is C10H11F3N4. The summed E-state index contributed by atoms with van der Waals surface area (Å²) in [6.07, 6.45) is -1.28. The maximum Gasteiger partial charge on any atom is 0.434 e. The number of rotatable bonds is 1. The molecule has 0 saturated carbocycles. The van der Waals surface area contributed by atoms with Crippen LogP contribution in [-0.4, -0.2) is 35.1 Å². The van der Waals surface area contributed by atoms with Crippen LogP contribution in [0.1, 0.15) is 12.1 Å². The van der Waals surface area contributed by atoms with Gasteiger partial charge in [-0.15, -0.1) is 0 Å². The molecule has 3 saturated heterocycles. The van der Waals surface area contributed by atoms with Crippen LogP contribution in [0.15, 0.2) is 12.4 Å². The van der Waals surface area contributed by atoms with E-state index in [-0.39, 0.29) is 0 Å². The molecule has 3 fully saturated rings. The molecule has 1 aromatic rings. The Labute approximate surface area is 95.9 Å². The van der Waals surface area contributed by atoms with E-state index in [0.29, 0.717) is 17.9 Å². The first-order chi connectivity index (χ1) is 8.02. The smallest absolute Gasteiger partial charge is 0.352 e. The zero-order valence-electron chi connectivity index (χ0n) is 8.91. The number of hydrogen-bond donors (Lipinski definition) is 1. The van der Waals surface area contributed by atoms with E-state index < -0.39 is 11.9 Å².